The highest BCUT2D eigenvalue weighted by Gasteiger charge is 2.35. The van der Waals surface area contributed by atoms with Crippen molar-refractivity contribution in [2.24, 2.45) is 5.73 Å². The number of amides is 1. The molecule has 1 aliphatic carbocycles. The Balaban J connectivity index is 1.51. The maximum absolute atomic E-state index is 11.6. The Morgan fingerprint density at radius 3 is 2.79 bits per heavy atom. The van der Waals surface area contributed by atoms with Crippen molar-refractivity contribution in [3.8, 4) is 0 Å². The number of hydrogen-bond donors (Lipinski definition) is 3. The number of aliphatic hydroxyl groups is 1. The Morgan fingerprint density at radius 2 is 2.04 bits per heavy atom. The van der Waals surface area contributed by atoms with Crippen LogP contribution in [0.1, 0.15) is 22.6 Å². The van der Waals surface area contributed by atoms with Crippen LogP contribution in [0.5, 0.6) is 0 Å². The summed E-state index contributed by atoms with van der Waals surface area (Å²) >= 11 is 1.82. The van der Waals surface area contributed by atoms with Gasteiger partial charge in [0.15, 0.2) is 0 Å². The predicted molar refractivity (Wildman–Crippen MR) is 97.0 cm³/mol. The van der Waals surface area contributed by atoms with E-state index in [2.05, 4.69) is 17.4 Å². The molecular weight excluding hydrogens is 320 g/mol. The van der Waals surface area contributed by atoms with Crippen LogP contribution in [0.4, 0.5) is 0 Å². The number of nitrogens with two attached hydrogens (primary N) is 1. The highest BCUT2D eigenvalue weighted by molar-refractivity contribution is 7.99. The molecule has 2 aromatic rings. The molecule has 0 radical (unpaired) electrons. The number of thioether (sulfide) groups is 1. The van der Waals surface area contributed by atoms with E-state index in [1.54, 1.807) is 0 Å². The molecule has 1 aliphatic rings. The molecule has 0 heterocycles. The fraction of sp³-hybridized carbons (Fsp3) is 0.316. The largest absolute Gasteiger partial charge is 0.392 e. The lowest BCUT2D eigenvalue weighted by Crippen LogP contribution is -2.28. The molecule has 24 heavy (non-hydrogen) atoms. The molecule has 0 fully saturated rings. The van der Waals surface area contributed by atoms with Crippen LogP contribution >= 0.6 is 11.8 Å². The zero-order valence-corrected chi connectivity index (χ0v) is 14.3. The third kappa shape index (κ3) is 3.98. The Labute approximate surface area is 146 Å². The summed E-state index contributed by atoms with van der Waals surface area (Å²) in [5.74, 6) is -0.0309. The van der Waals surface area contributed by atoms with Gasteiger partial charge >= 0.3 is 0 Å². The Hall–Kier alpha value is -1.82. The standard InChI is InChI=1S/C19H22N2O2S/c20-19(23)18-16-10-13(6-7-14(16)11-17(18)22)12-21-8-9-24-15-4-2-1-3-5-15/h1-7,10,17-18,21-22H,8-9,11-12H2,(H2,20,23)/t17-,18-/m1/s1. The second kappa shape index (κ2) is 7.83. The highest BCUT2D eigenvalue weighted by atomic mass is 32.2. The molecule has 0 aromatic heterocycles. The molecule has 2 atom stereocenters. The van der Waals surface area contributed by atoms with Crippen molar-refractivity contribution in [2.45, 2.75) is 29.9 Å². The highest BCUT2D eigenvalue weighted by Crippen LogP contribution is 2.33. The average Bonchev–Trinajstić information content (AvgIpc) is 2.90. The van der Waals surface area contributed by atoms with E-state index in [1.165, 1.54) is 4.90 Å². The summed E-state index contributed by atoms with van der Waals surface area (Å²) in [6.07, 6.45) is -0.187. The maximum atomic E-state index is 11.6. The van der Waals surface area contributed by atoms with Crippen LogP contribution in [0.15, 0.2) is 53.4 Å². The molecule has 126 valence electrons. The van der Waals surface area contributed by atoms with Crippen LogP contribution in [-0.4, -0.2) is 29.4 Å². The summed E-state index contributed by atoms with van der Waals surface area (Å²) in [6, 6.07) is 16.4. The Bertz CT molecular complexity index is 706. The first kappa shape index (κ1) is 17.0. The molecule has 0 bridgehead atoms. The lowest BCUT2D eigenvalue weighted by molar-refractivity contribution is -0.121. The van der Waals surface area contributed by atoms with E-state index in [-0.39, 0.29) is 0 Å². The van der Waals surface area contributed by atoms with Crippen molar-refractivity contribution in [2.75, 3.05) is 12.3 Å². The van der Waals surface area contributed by atoms with Gasteiger partial charge in [0.1, 0.15) is 0 Å². The van der Waals surface area contributed by atoms with E-state index in [9.17, 15) is 9.90 Å². The normalized spacial score (nSPS) is 19.2. The molecule has 4 nitrogen and oxygen atoms in total. The number of aliphatic hydroxyl groups excluding tert-OH is 1. The first-order chi connectivity index (χ1) is 11.6. The maximum Gasteiger partial charge on any atom is 0.227 e. The topological polar surface area (TPSA) is 75.4 Å². The predicted octanol–water partition coefficient (Wildman–Crippen LogP) is 2.05. The van der Waals surface area contributed by atoms with Crippen molar-refractivity contribution in [1.82, 2.24) is 5.32 Å². The minimum Gasteiger partial charge on any atom is -0.392 e. The van der Waals surface area contributed by atoms with Crippen molar-refractivity contribution in [3.63, 3.8) is 0 Å². The van der Waals surface area contributed by atoms with E-state index in [4.69, 9.17) is 5.73 Å². The van der Waals surface area contributed by atoms with E-state index < -0.39 is 17.9 Å². The van der Waals surface area contributed by atoms with Crippen LogP contribution in [0.25, 0.3) is 0 Å². The molecule has 0 saturated carbocycles. The lowest BCUT2D eigenvalue weighted by Gasteiger charge is -2.12. The molecule has 2 aromatic carbocycles. The third-order valence-electron chi connectivity index (χ3n) is 4.29. The van der Waals surface area contributed by atoms with Gasteiger partial charge in [-0.2, -0.15) is 0 Å². The van der Waals surface area contributed by atoms with Gasteiger partial charge in [0, 0.05) is 23.7 Å². The van der Waals surface area contributed by atoms with Gasteiger partial charge in [0.2, 0.25) is 5.91 Å². The third-order valence-corrected chi connectivity index (χ3v) is 5.30. The lowest BCUT2D eigenvalue weighted by atomic mass is 9.97. The number of carbonyl (C=O) groups excluding carboxylic acids is 1. The number of nitrogens with one attached hydrogen (secondary N) is 1. The molecule has 4 N–H and O–H groups in total. The number of primary amides is 1. The van der Waals surface area contributed by atoms with Gasteiger partial charge < -0.3 is 16.2 Å². The van der Waals surface area contributed by atoms with Gasteiger partial charge in [-0.05, 0) is 35.2 Å². The van der Waals surface area contributed by atoms with Crippen LogP contribution in [0.2, 0.25) is 0 Å². The van der Waals surface area contributed by atoms with Gasteiger partial charge in [-0.25, -0.2) is 0 Å². The van der Waals surface area contributed by atoms with Crippen molar-refractivity contribution in [3.05, 3.63) is 65.2 Å². The fourth-order valence-electron chi connectivity index (χ4n) is 3.11. The van der Waals surface area contributed by atoms with E-state index in [1.807, 2.05) is 48.2 Å². The number of hydrogen-bond acceptors (Lipinski definition) is 4. The van der Waals surface area contributed by atoms with Crippen LogP contribution in [0.3, 0.4) is 0 Å². The molecule has 0 aliphatic heterocycles. The van der Waals surface area contributed by atoms with E-state index >= 15 is 0 Å². The minimum atomic E-state index is -0.692. The minimum absolute atomic E-state index is 0.453. The quantitative estimate of drug-likeness (QED) is 0.532. The van der Waals surface area contributed by atoms with Gasteiger partial charge in [0.05, 0.1) is 12.0 Å². The number of fused-ring (bicyclic) bond motifs is 1. The summed E-state index contributed by atoms with van der Waals surface area (Å²) in [7, 11) is 0. The second-order valence-electron chi connectivity index (χ2n) is 6.02. The fourth-order valence-corrected chi connectivity index (χ4v) is 3.95. The SMILES string of the molecule is NC(=O)[C@@H]1c2cc(CNCCSc3ccccc3)ccc2C[C@H]1O. The summed E-state index contributed by atoms with van der Waals surface area (Å²) in [5.41, 5.74) is 8.45. The molecule has 5 heteroatoms. The number of benzene rings is 2. The summed E-state index contributed by atoms with van der Waals surface area (Å²) < 4.78 is 0. The Morgan fingerprint density at radius 1 is 1.25 bits per heavy atom. The Kier molecular flexibility index (Phi) is 5.56. The number of carbonyl (C=O) groups is 1. The van der Waals surface area contributed by atoms with Crippen molar-refractivity contribution < 1.29 is 9.90 Å². The summed E-state index contributed by atoms with van der Waals surface area (Å²) in [4.78, 5) is 12.8. The zero-order chi connectivity index (χ0) is 16.9. The van der Waals surface area contributed by atoms with Gasteiger partial charge in [0.25, 0.3) is 0 Å². The van der Waals surface area contributed by atoms with Crippen LogP contribution in [0, 0.1) is 0 Å². The molecule has 1 amide bonds. The van der Waals surface area contributed by atoms with Gasteiger partial charge in [-0.1, -0.05) is 36.4 Å². The smallest absolute Gasteiger partial charge is 0.227 e. The van der Waals surface area contributed by atoms with E-state index in [0.717, 1.165) is 35.5 Å². The second-order valence-corrected chi connectivity index (χ2v) is 7.19. The molecule has 3 rings (SSSR count). The van der Waals surface area contributed by atoms with Gasteiger partial charge in [-0.15, -0.1) is 11.8 Å². The first-order valence-electron chi connectivity index (χ1n) is 8.13. The zero-order valence-electron chi connectivity index (χ0n) is 13.4. The van der Waals surface area contributed by atoms with E-state index in [0.29, 0.717) is 6.42 Å². The molecule has 0 saturated heterocycles. The molecular formula is C19H22N2O2S. The van der Waals surface area contributed by atoms with Crippen LogP contribution < -0.4 is 11.1 Å². The van der Waals surface area contributed by atoms with Gasteiger partial charge in [-0.3, -0.25) is 4.79 Å². The van der Waals surface area contributed by atoms with Crippen molar-refractivity contribution in [1.29, 1.82) is 0 Å². The van der Waals surface area contributed by atoms with Crippen molar-refractivity contribution >= 4 is 17.7 Å². The number of rotatable bonds is 7. The average molecular weight is 342 g/mol. The molecule has 0 spiro atoms. The summed E-state index contributed by atoms with van der Waals surface area (Å²) in [5, 5.41) is 13.4. The monoisotopic (exact) mass is 342 g/mol. The summed E-state index contributed by atoms with van der Waals surface area (Å²) in [6.45, 7) is 1.64. The first-order valence-corrected chi connectivity index (χ1v) is 9.11. The van der Waals surface area contributed by atoms with Crippen LogP contribution in [-0.2, 0) is 17.8 Å². The molecule has 0 unspecified atom stereocenters.